The lowest BCUT2D eigenvalue weighted by molar-refractivity contribution is 0.0939. The predicted molar refractivity (Wildman–Crippen MR) is 62.4 cm³/mol. The van der Waals surface area contributed by atoms with Gasteiger partial charge in [-0.1, -0.05) is 15.9 Å². The van der Waals surface area contributed by atoms with Crippen LogP contribution >= 0.6 is 15.9 Å². The number of halogens is 1. The van der Waals surface area contributed by atoms with Crippen LogP contribution < -0.4 is 10.9 Å². The molecule has 15 heavy (non-hydrogen) atoms. The summed E-state index contributed by atoms with van der Waals surface area (Å²) in [6.45, 7) is 1.92. The largest absolute Gasteiger partial charge is 0.350 e. The first-order chi connectivity index (χ1) is 7.13. The van der Waals surface area contributed by atoms with Crippen LogP contribution in [-0.4, -0.2) is 22.3 Å². The fourth-order valence-electron chi connectivity index (χ4n) is 1.13. The Hall–Kier alpha value is -1.10. The summed E-state index contributed by atoms with van der Waals surface area (Å²) in [6, 6.07) is 2.96. The molecule has 82 valence electrons. The highest BCUT2D eigenvalue weighted by Gasteiger charge is 2.08. The monoisotopic (exact) mass is 272 g/mol. The summed E-state index contributed by atoms with van der Waals surface area (Å²) in [7, 11) is 0. The van der Waals surface area contributed by atoms with Gasteiger partial charge in [0.15, 0.2) is 0 Å². The maximum absolute atomic E-state index is 11.6. The maximum Gasteiger partial charge on any atom is 0.251 e. The zero-order chi connectivity index (χ0) is 11.3. The summed E-state index contributed by atoms with van der Waals surface area (Å²) < 4.78 is 0. The number of amides is 1. The molecule has 0 bridgehead atoms. The minimum Gasteiger partial charge on any atom is -0.350 e. The Morgan fingerprint density at radius 1 is 1.67 bits per heavy atom. The van der Waals surface area contributed by atoms with E-state index < -0.39 is 0 Å². The van der Waals surface area contributed by atoms with Gasteiger partial charge < -0.3 is 10.3 Å². The Kier molecular flexibility index (Phi) is 4.55. The topological polar surface area (TPSA) is 62.0 Å². The molecule has 1 heterocycles. The number of carbonyl (C=O) groups is 1. The number of hydrogen-bond donors (Lipinski definition) is 2. The van der Waals surface area contributed by atoms with Crippen LogP contribution in [0.3, 0.4) is 0 Å². The van der Waals surface area contributed by atoms with Crippen molar-refractivity contribution in [3.05, 3.63) is 34.2 Å². The molecular weight excluding hydrogens is 260 g/mol. The average Bonchev–Trinajstić information content (AvgIpc) is 2.18. The second-order valence-electron chi connectivity index (χ2n) is 3.29. The molecule has 0 saturated heterocycles. The van der Waals surface area contributed by atoms with Crippen LogP contribution in [0.15, 0.2) is 23.1 Å². The Morgan fingerprint density at radius 2 is 2.40 bits per heavy atom. The van der Waals surface area contributed by atoms with Gasteiger partial charge >= 0.3 is 0 Å². The molecule has 1 aromatic rings. The molecule has 1 atom stereocenters. The molecule has 0 spiro atoms. The van der Waals surface area contributed by atoms with E-state index in [1.165, 1.54) is 12.3 Å². The molecule has 0 saturated carbocycles. The molecule has 4 nitrogen and oxygen atoms in total. The summed E-state index contributed by atoms with van der Waals surface area (Å²) in [5, 5.41) is 3.64. The Labute approximate surface area is 96.2 Å². The van der Waals surface area contributed by atoms with Gasteiger partial charge in [0.2, 0.25) is 5.56 Å². The quantitative estimate of drug-likeness (QED) is 0.812. The van der Waals surface area contributed by atoms with Crippen molar-refractivity contribution in [1.29, 1.82) is 0 Å². The fourth-order valence-corrected chi connectivity index (χ4v) is 1.82. The summed E-state index contributed by atoms with van der Waals surface area (Å²) in [4.78, 5) is 25.0. The van der Waals surface area contributed by atoms with Crippen molar-refractivity contribution >= 4 is 21.8 Å². The number of H-pyrrole nitrogens is 1. The number of rotatable bonds is 4. The minimum atomic E-state index is -0.268. The highest BCUT2D eigenvalue weighted by Crippen LogP contribution is 1.98. The SMILES string of the molecule is CC(CCBr)NC(=O)c1cc[nH]c(=O)c1. The third kappa shape index (κ3) is 3.87. The molecule has 1 unspecified atom stereocenters. The van der Waals surface area contributed by atoms with Crippen molar-refractivity contribution < 1.29 is 4.79 Å². The van der Waals surface area contributed by atoms with E-state index in [1.54, 1.807) is 6.07 Å². The Bertz CT molecular complexity index is 389. The van der Waals surface area contributed by atoms with Crippen LogP contribution in [0, 0.1) is 0 Å². The van der Waals surface area contributed by atoms with E-state index in [9.17, 15) is 9.59 Å². The number of pyridine rings is 1. The molecule has 0 aliphatic rings. The molecular formula is C10H13BrN2O2. The van der Waals surface area contributed by atoms with Gasteiger partial charge in [-0.25, -0.2) is 0 Å². The lowest BCUT2D eigenvalue weighted by atomic mass is 10.2. The molecule has 1 rings (SSSR count). The molecule has 5 heteroatoms. The lowest BCUT2D eigenvalue weighted by Gasteiger charge is -2.11. The fraction of sp³-hybridized carbons (Fsp3) is 0.400. The predicted octanol–water partition coefficient (Wildman–Crippen LogP) is 1.28. The molecule has 1 aromatic heterocycles. The molecule has 0 aromatic carbocycles. The van der Waals surface area contributed by atoms with Crippen LogP contribution in [0.5, 0.6) is 0 Å². The highest BCUT2D eigenvalue weighted by atomic mass is 79.9. The number of carbonyl (C=O) groups excluding carboxylic acids is 1. The van der Waals surface area contributed by atoms with Crippen molar-refractivity contribution in [3.63, 3.8) is 0 Å². The summed E-state index contributed by atoms with van der Waals surface area (Å²) in [5.74, 6) is -0.213. The van der Waals surface area contributed by atoms with Gasteiger partial charge in [-0.3, -0.25) is 9.59 Å². The van der Waals surface area contributed by atoms with Crippen molar-refractivity contribution in [2.45, 2.75) is 19.4 Å². The van der Waals surface area contributed by atoms with Crippen molar-refractivity contribution in [3.8, 4) is 0 Å². The molecule has 0 fully saturated rings. The molecule has 0 aliphatic carbocycles. The third-order valence-electron chi connectivity index (χ3n) is 1.96. The van der Waals surface area contributed by atoms with E-state index in [0.717, 1.165) is 11.8 Å². The smallest absolute Gasteiger partial charge is 0.251 e. The Balaban J connectivity index is 2.65. The van der Waals surface area contributed by atoms with Gasteiger partial charge in [0.05, 0.1) is 0 Å². The first-order valence-corrected chi connectivity index (χ1v) is 5.81. The molecule has 0 radical (unpaired) electrons. The van der Waals surface area contributed by atoms with Crippen molar-refractivity contribution in [2.75, 3.05) is 5.33 Å². The van der Waals surface area contributed by atoms with Crippen molar-refractivity contribution in [1.82, 2.24) is 10.3 Å². The number of alkyl halides is 1. The summed E-state index contributed by atoms with van der Waals surface area (Å²) in [5.41, 5.74) is 0.121. The average molecular weight is 273 g/mol. The van der Waals surface area contributed by atoms with Gasteiger partial charge in [0.1, 0.15) is 0 Å². The van der Waals surface area contributed by atoms with E-state index in [2.05, 4.69) is 26.2 Å². The van der Waals surface area contributed by atoms with Crippen molar-refractivity contribution in [2.24, 2.45) is 0 Å². The van der Waals surface area contributed by atoms with E-state index in [-0.39, 0.29) is 17.5 Å². The summed E-state index contributed by atoms with van der Waals surface area (Å²) in [6.07, 6.45) is 2.32. The minimum absolute atomic E-state index is 0.0937. The van der Waals surface area contributed by atoms with Crippen LogP contribution in [0.2, 0.25) is 0 Å². The van der Waals surface area contributed by atoms with Gasteiger partial charge in [-0.2, -0.15) is 0 Å². The van der Waals surface area contributed by atoms with E-state index in [4.69, 9.17) is 0 Å². The van der Waals surface area contributed by atoms with Crippen LogP contribution in [0.1, 0.15) is 23.7 Å². The second kappa shape index (κ2) is 5.70. The first kappa shape index (κ1) is 12.0. The van der Waals surface area contributed by atoms with Gasteiger partial charge in [-0.05, 0) is 19.4 Å². The number of nitrogens with one attached hydrogen (secondary N) is 2. The third-order valence-corrected chi connectivity index (χ3v) is 2.41. The van der Waals surface area contributed by atoms with E-state index in [1.807, 2.05) is 6.92 Å². The molecule has 2 N–H and O–H groups in total. The molecule has 1 amide bonds. The second-order valence-corrected chi connectivity index (χ2v) is 4.09. The van der Waals surface area contributed by atoms with Crippen LogP contribution in [-0.2, 0) is 0 Å². The highest BCUT2D eigenvalue weighted by molar-refractivity contribution is 9.09. The van der Waals surface area contributed by atoms with Crippen LogP contribution in [0.25, 0.3) is 0 Å². The number of aromatic amines is 1. The van der Waals surface area contributed by atoms with Crippen LogP contribution in [0.4, 0.5) is 0 Å². The number of hydrogen-bond acceptors (Lipinski definition) is 2. The maximum atomic E-state index is 11.6. The molecule has 0 aliphatic heterocycles. The van der Waals surface area contributed by atoms with Gasteiger partial charge in [0, 0.05) is 29.2 Å². The zero-order valence-corrected chi connectivity index (χ0v) is 10.0. The normalized spacial score (nSPS) is 12.1. The van der Waals surface area contributed by atoms with Gasteiger partial charge in [0.25, 0.3) is 5.91 Å². The standard InChI is InChI=1S/C10H13BrN2O2/c1-7(2-4-11)13-10(15)8-3-5-12-9(14)6-8/h3,5-7H,2,4H2,1H3,(H,12,14)(H,13,15). The Morgan fingerprint density at radius 3 is 3.00 bits per heavy atom. The first-order valence-electron chi connectivity index (χ1n) is 4.69. The van der Waals surface area contributed by atoms with E-state index >= 15 is 0 Å². The van der Waals surface area contributed by atoms with E-state index in [0.29, 0.717) is 5.56 Å². The lowest BCUT2D eigenvalue weighted by Crippen LogP contribution is -2.33. The zero-order valence-electron chi connectivity index (χ0n) is 8.42. The number of aromatic nitrogens is 1. The summed E-state index contributed by atoms with van der Waals surface area (Å²) >= 11 is 3.30. The van der Waals surface area contributed by atoms with Gasteiger partial charge in [-0.15, -0.1) is 0 Å².